The van der Waals surface area contributed by atoms with Gasteiger partial charge < -0.3 is 45.1 Å². The number of amides is 1. The molecule has 1 rings (SSSR count). The molecule has 83 heavy (non-hydrogen) atoms. The minimum Gasteiger partial charge on any atom is -0.454 e. The van der Waals surface area contributed by atoms with Crippen molar-refractivity contribution in [3.05, 3.63) is 134 Å². The first-order valence-corrected chi connectivity index (χ1v) is 33.0. The number of hydrogen-bond donors (Lipinski definition) is 6. The monoisotopic (exact) mass is 1160 g/mol. The van der Waals surface area contributed by atoms with E-state index < -0.39 is 67.4 Å². The third-order valence-electron chi connectivity index (χ3n) is 14.5. The molecular weight excluding hydrogens is 1040 g/mol. The van der Waals surface area contributed by atoms with Gasteiger partial charge in [-0.1, -0.05) is 257 Å². The van der Waals surface area contributed by atoms with Crippen LogP contribution in [0.1, 0.15) is 245 Å². The second kappa shape index (κ2) is 58.2. The third kappa shape index (κ3) is 45.8. The first kappa shape index (κ1) is 76.8. The standard InChI is InChI=1S/C72H119NO10/c1-4-7-10-13-16-19-22-24-26-28-30-31-32-33-34-36-37-39-41-44-47-50-53-56-59-65(76)71(80)73-63(64(75)58-55-52-49-46-43-21-18-15-12-9-6-3)62-81-72-70(69(79)68(78)66(61-74)82-72)83-67(77)60-57-54-51-48-45-42-40-38-35-29-27-25-23-20-17-14-11-8-5-2/h7-8,10-11,16-17,19-20,24-27,30-31,33-35,38,42,45,55,58,63-66,68-70,72,74-76,78-79H,4-6,9,12-15,18,21-23,28-29,32,36-37,39-41,43-44,46-54,56-57,59-62H2,1-3H3,(H,73,80)/b10-7-,11-8-,19-16-,20-17-,26-24-,27-25-,31-30-,34-33-,38-35-,45-42-,58-55+. The zero-order valence-electron chi connectivity index (χ0n) is 52.3. The van der Waals surface area contributed by atoms with Gasteiger partial charge in [0, 0.05) is 6.42 Å². The highest BCUT2D eigenvalue weighted by molar-refractivity contribution is 5.80. The summed E-state index contributed by atoms with van der Waals surface area (Å²) in [5.41, 5.74) is 0. The Morgan fingerprint density at radius 1 is 0.482 bits per heavy atom. The Morgan fingerprint density at radius 3 is 1.30 bits per heavy atom. The van der Waals surface area contributed by atoms with Crippen molar-refractivity contribution in [1.82, 2.24) is 5.32 Å². The number of hydrogen-bond acceptors (Lipinski definition) is 10. The Balaban J connectivity index is 2.64. The smallest absolute Gasteiger partial charge is 0.306 e. The number of aliphatic hydroxyl groups is 5. The summed E-state index contributed by atoms with van der Waals surface area (Å²) < 4.78 is 17.6. The Hall–Kier alpha value is -4.20. The molecule has 6 N–H and O–H groups in total. The molecule has 0 aromatic heterocycles. The van der Waals surface area contributed by atoms with Gasteiger partial charge in [-0.3, -0.25) is 9.59 Å². The van der Waals surface area contributed by atoms with Gasteiger partial charge in [-0.05, 0) is 116 Å². The van der Waals surface area contributed by atoms with Gasteiger partial charge in [-0.2, -0.15) is 0 Å². The summed E-state index contributed by atoms with van der Waals surface area (Å²) in [4.78, 5) is 26.6. The maximum Gasteiger partial charge on any atom is 0.306 e. The van der Waals surface area contributed by atoms with E-state index >= 15 is 0 Å². The van der Waals surface area contributed by atoms with Gasteiger partial charge >= 0.3 is 5.97 Å². The average Bonchev–Trinajstić information content (AvgIpc) is 3.52. The summed E-state index contributed by atoms with van der Waals surface area (Å²) in [7, 11) is 0. The zero-order valence-corrected chi connectivity index (χ0v) is 52.3. The topological polar surface area (TPSA) is 175 Å². The van der Waals surface area contributed by atoms with E-state index in [1.54, 1.807) is 6.08 Å². The molecule has 1 saturated heterocycles. The first-order valence-electron chi connectivity index (χ1n) is 33.0. The van der Waals surface area contributed by atoms with Crippen molar-refractivity contribution in [3.8, 4) is 0 Å². The van der Waals surface area contributed by atoms with Crippen LogP contribution in [0.2, 0.25) is 0 Å². The van der Waals surface area contributed by atoms with E-state index in [0.29, 0.717) is 12.8 Å². The Bertz CT molecular complexity index is 1860. The number of carbonyl (C=O) groups excluding carboxylic acids is 2. The van der Waals surface area contributed by atoms with Crippen LogP contribution < -0.4 is 5.32 Å². The lowest BCUT2D eigenvalue weighted by molar-refractivity contribution is -0.305. The van der Waals surface area contributed by atoms with Crippen molar-refractivity contribution in [3.63, 3.8) is 0 Å². The van der Waals surface area contributed by atoms with Gasteiger partial charge in [0.25, 0.3) is 0 Å². The van der Waals surface area contributed by atoms with Crippen LogP contribution in [0.4, 0.5) is 0 Å². The number of ether oxygens (including phenoxy) is 3. The molecule has 472 valence electrons. The molecule has 0 aliphatic carbocycles. The summed E-state index contributed by atoms with van der Waals surface area (Å²) in [5, 5.41) is 57.1. The van der Waals surface area contributed by atoms with Gasteiger partial charge in [0.05, 0.1) is 25.4 Å². The molecule has 0 aromatic carbocycles. The second-order valence-corrected chi connectivity index (χ2v) is 22.1. The maximum absolute atomic E-state index is 13.5. The van der Waals surface area contributed by atoms with Crippen molar-refractivity contribution < 1.29 is 49.3 Å². The molecule has 8 atom stereocenters. The van der Waals surface area contributed by atoms with Gasteiger partial charge in [-0.25, -0.2) is 0 Å². The van der Waals surface area contributed by atoms with E-state index in [1.807, 2.05) is 6.08 Å². The largest absolute Gasteiger partial charge is 0.454 e. The summed E-state index contributed by atoms with van der Waals surface area (Å²) in [6, 6.07) is -1.04. The zero-order chi connectivity index (χ0) is 60.3. The fraction of sp³-hybridized carbons (Fsp3) is 0.667. The molecule has 0 spiro atoms. The molecule has 11 nitrogen and oxygen atoms in total. The SMILES string of the molecule is CC/C=C\C/C=C\C/C=C\C/C=C\C/C=C\CCCCCCCCCCC(O)C(=O)NC(COC1OC(CO)C(O)C(O)C1OC(=O)CCCCC/C=C\C/C=C\C/C=C\C/C=C\C/C=C\CC)C(O)/C=C/CCCCCCCCCCC. The molecule has 0 saturated carbocycles. The highest BCUT2D eigenvalue weighted by atomic mass is 16.7. The van der Waals surface area contributed by atoms with Gasteiger partial charge in [0.2, 0.25) is 5.91 Å². The van der Waals surface area contributed by atoms with E-state index in [9.17, 15) is 35.1 Å². The van der Waals surface area contributed by atoms with E-state index in [0.717, 1.165) is 141 Å². The van der Waals surface area contributed by atoms with Crippen molar-refractivity contribution >= 4 is 11.9 Å². The fourth-order valence-corrected chi connectivity index (χ4v) is 9.41. The van der Waals surface area contributed by atoms with Crippen molar-refractivity contribution in [2.45, 2.75) is 294 Å². The van der Waals surface area contributed by atoms with Crippen LogP contribution in [0.3, 0.4) is 0 Å². The Labute approximate surface area is 505 Å². The molecule has 8 unspecified atom stereocenters. The normalized spacial score (nSPS) is 19.4. The van der Waals surface area contributed by atoms with E-state index in [1.165, 1.54) is 57.8 Å². The number of nitrogens with one attached hydrogen (secondary N) is 1. The van der Waals surface area contributed by atoms with Gasteiger partial charge in [-0.15, -0.1) is 0 Å². The lowest BCUT2D eigenvalue weighted by Crippen LogP contribution is -2.61. The van der Waals surface area contributed by atoms with E-state index in [2.05, 4.69) is 148 Å². The molecule has 0 radical (unpaired) electrons. The molecule has 1 aliphatic heterocycles. The van der Waals surface area contributed by atoms with Gasteiger partial charge in [0.1, 0.15) is 24.4 Å². The van der Waals surface area contributed by atoms with Crippen molar-refractivity contribution in [2.75, 3.05) is 13.2 Å². The number of unbranched alkanes of at least 4 members (excludes halogenated alkanes) is 20. The van der Waals surface area contributed by atoms with E-state index in [-0.39, 0.29) is 19.4 Å². The number of rotatable bonds is 54. The lowest BCUT2D eigenvalue weighted by atomic mass is 9.99. The fourth-order valence-electron chi connectivity index (χ4n) is 9.41. The summed E-state index contributed by atoms with van der Waals surface area (Å²) in [6.07, 6.45) is 72.0. The van der Waals surface area contributed by atoms with Crippen LogP contribution in [0, 0.1) is 0 Å². The number of carbonyl (C=O) groups is 2. The number of allylic oxidation sites excluding steroid dienone is 21. The molecule has 11 heteroatoms. The van der Waals surface area contributed by atoms with Crippen molar-refractivity contribution in [2.24, 2.45) is 0 Å². The second-order valence-electron chi connectivity index (χ2n) is 22.1. The summed E-state index contributed by atoms with van der Waals surface area (Å²) in [5.74, 6) is -1.24. The molecule has 1 aliphatic rings. The molecule has 1 heterocycles. The first-order chi connectivity index (χ1) is 40.7. The van der Waals surface area contributed by atoms with Gasteiger partial charge in [0.15, 0.2) is 12.4 Å². The Morgan fingerprint density at radius 2 is 0.867 bits per heavy atom. The van der Waals surface area contributed by atoms with Crippen LogP contribution in [0.15, 0.2) is 134 Å². The molecule has 1 amide bonds. The molecule has 1 fully saturated rings. The predicted molar refractivity (Wildman–Crippen MR) is 347 cm³/mol. The quantitative estimate of drug-likeness (QED) is 0.0195. The highest BCUT2D eigenvalue weighted by Gasteiger charge is 2.47. The minimum atomic E-state index is -1.64. The number of aliphatic hydroxyl groups excluding tert-OH is 5. The third-order valence-corrected chi connectivity index (χ3v) is 14.5. The summed E-state index contributed by atoms with van der Waals surface area (Å²) in [6.45, 7) is 5.53. The lowest BCUT2D eigenvalue weighted by Gasteiger charge is -2.41. The van der Waals surface area contributed by atoms with Crippen LogP contribution >= 0.6 is 0 Å². The maximum atomic E-state index is 13.5. The predicted octanol–water partition coefficient (Wildman–Crippen LogP) is 16.4. The molecule has 0 bridgehead atoms. The van der Waals surface area contributed by atoms with Crippen LogP contribution in [-0.4, -0.2) is 99.6 Å². The average molecular weight is 1160 g/mol. The minimum absolute atomic E-state index is 0.0765. The van der Waals surface area contributed by atoms with Crippen LogP contribution in [-0.2, 0) is 23.8 Å². The Kier molecular flexibility index (Phi) is 53.9. The van der Waals surface area contributed by atoms with Crippen LogP contribution in [0.25, 0.3) is 0 Å². The summed E-state index contributed by atoms with van der Waals surface area (Å²) >= 11 is 0. The molecular formula is C72H119NO10. The highest BCUT2D eigenvalue weighted by Crippen LogP contribution is 2.26. The number of esters is 1. The van der Waals surface area contributed by atoms with E-state index in [4.69, 9.17) is 14.2 Å². The van der Waals surface area contributed by atoms with Crippen molar-refractivity contribution in [1.29, 1.82) is 0 Å². The van der Waals surface area contributed by atoms with Crippen LogP contribution in [0.5, 0.6) is 0 Å². The molecule has 0 aromatic rings.